The van der Waals surface area contributed by atoms with Crippen molar-refractivity contribution in [2.75, 3.05) is 0 Å². The van der Waals surface area contributed by atoms with Crippen molar-refractivity contribution in [1.82, 2.24) is 29.1 Å². The molecule has 22 heavy (non-hydrogen) atoms. The third-order valence-electron chi connectivity index (χ3n) is 3.70. The van der Waals surface area contributed by atoms with E-state index in [1.165, 1.54) is 23.1 Å². The molecular formula is C14H12N6S2. The lowest BCUT2D eigenvalue weighted by Crippen LogP contribution is -1.98. The number of pyridine rings is 2. The van der Waals surface area contributed by atoms with Crippen LogP contribution in [0.2, 0.25) is 0 Å². The number of aromatic nitrogens is 6. The predicted molar refractivity (Wildman–Crippen MR) is 87.3 cm³/mol. The van der Waals surface area contributed by atoms with E-state index in [2.05, 4.69) is 29.1 Å². The quantitative estimate of drug-likeness (QED) is 0.575. The molecule has 0 atom stereocenters. The van der Waals surface area contributed by atoms with Gasteiger partial charge in [0, 0.05) is 12.4 Å². The highest BCUT2D eigenvalue weighted by atomic mass is 32.1. The average Bonchev–Trinajstić information content (AvgIpc) is 3.18. The van der Waals surface area contributed by atoms with Crippen molar-refractivity contribution in [2.45, 2.75) is 26.7 Å². The van der Waals surface area contributed by atoms with Gasteiger partial charge < -0.3 is 0 Å². The van der Waals surface area contributed by atoms with Crippen LogP contribution in [-0.2, 0) is 12.8 Å². The Balaban J connectivity index is 1.69. The summed E-state index contributed by atoms with van der Waals surface area (Å²) < 4.78 is 10.3. The molecule has 0 radical (unpaired) electrons. The summed E-state index contributed by atoms with van der Waals surface area (Å²) in [5.41, 5.74) is 6.02. The van der Waals surface area contributed by atoms with Gasteiger partial charge in [-0.25, -0.2) is 0 Å². The van der Waals surface area contributed by atoms with Crippen molar-refractivity contribution in [1.29, 1.82) is 0 Å². The smallest absolute Gasteiger partial charge is 0.127 e. The van der Waals surface area contributed by atoms with E-state index in [-0.39, 0.29) is 0 Å². The molecule has 4 aromatic heterocycles. The second-order valence-electron chi connectivity index (χ2n) is 5.16. The van der Waals surface area contributed by atoms with E-state index in [0.29, 0.717) is 0 Å². The first-order valence-electron chi connectivity index (χ1n) is 6.87. The summed E-state index contributed by atoms with van der Waals surface area (Å²) in [5, 5.41) is 8.38. The van der Waals surface area contributed by atoms with E-state index in [4.69, 9.17) is 0 Å². The Morgan fingerprint density at radius 1 is 0.864 bits per heavy atom. The maximum Gasteiger partial charge on any atom is 0.127 e. The summed E-state index contributed by atoms with van der Waals surface area (Å²) in [6.07, 6.45) is 5.47. The number of fused-ring (bicyclic) bond motifs is 2. The van der Waals surface area contributed by atoms with Gasteiger partial charge in [-0.15, -0.1) is 10.2 Å². The third-order valence-corrected chi connectivity index (χ3v) is 5.36. The third kappa shape index (κ3) is 2.15. The molecular weight excluding hydrogens is 316 g/mol. The van der Waals surface area contributed by atoms with E-state index in [9.17, 15) is 0 Å². The lowest BCUT2D eigenvalue weighted by molar-refractivity contribution is 0.917. The fourth-order valence-corrected chi connectivity index (χ4v) is 3.88. The molecule has 0 aliphatic carbocycles. The molecule has 0 saturated carbocycles. The number of rotatable bonds is 3. The van der Waals surface area contributed by atoms with Crippen LogP contribution in [0.5, 0.6) is 0 Å². The largest absolute Gasteiger partial charge is 0.259 e. The first kappa shape index (κ1) is 13.6. The van der Waals surface area contributed by atoms with Crippen LogP contribution in [0.4, 0.5) is 0 Å². The number of aryl methyl sites for hydroxylation is 4. The average molecular weight is 328 g/mol. The molecule has 0 amide bonds. The molecule has 0 spiro atoms. The zero-order chi connectivity index (χ0) is 15.1. The Labute approximate surface area is 134 Å². The lowest BCUT2D eigenvalue weighted by Gasteiger charge is -2.04. The number of nitrogens with zero attached hydrogens (tertiary/aromatic N) is 6. The van der Waals surface area contributed by atoms with E-state index < -0.39 is 0 Å². The van der Waals surface area contributed by atoms with Gasteiger partial charge in [-0.3, -0.25) is 9.97 Å². The van der Waals surface area contributed by atoms with Gasteiger partial charge in [0.15, 0.2) is 0 Å². The topological polar surface area (TPSA) is 77.3 Å². The minimum absolute atomic E-state index is 0.805. The molecule has 0 bridgehead atoms. The molecule has 0 aliphatic rings. The predicted octanol–water partition coefficient (Wildman–Crippen LogP) is 2.89. The molecule has 0 aliphatic heterocycles. The molecule has 0 fully saturated rings. The van der Waals surface area contributed by atoms with Gasteiger partial charge in [-0.1, -0.05) is 8.98 Å². The molecule has 4 aromatic rings. The second-order valence-corrected chi connectivity index (χ2v) is 6.67. The van der Waals surface area contributed by atoms with Crippen molar-refractivity contribution in [3.8, 4) is 0 Å². The van der Waals surface area contributed by atoms with Crippen molar-refractivity contribution >= 4 is 43.5 Å². The minimum atomic E-state index is 0.805. The monoisotopic (exact) mass is 328 g/mol. The first-order chi connectivity index (χ1) is 10.7. The molecule has 4 rings (SSSR count). The Hall–Kier alpha value is -2.06. The fraction of sp³-hybridized carbons (Fsp3) is 0.286. The van der Waals surface area contributed by atoms with Gasteiger partial charge in [0.1, 0.15) is 11.0 Å². The molecule has 0 unspecified atom stereocenters. The molecule has 0 aromatic carbocycles. The summed E-state index contributed by atoms with van der Waals surface area (Å²) in [6.45, 7) is 3.99. The lowest BCUT2D eigenvalue weighted by atomic mass is 10.1. The summed E-state index contributed by atoms with van der Waals surface area (Å²) in [4.78, 5) is 8.95. The van der Waals surface area contributed by atoms with Crippen LogP contribution in [0, 0.1) is 13.8 Å². The van der Waals surface area contributed by atoms with Gasteiger partial charge >= 0.3 is 0 Å². The van der Waals surface area contributed by atoms with Crippen molar-refractivity contribution in [3.63, 3.8) is 0 Å². The van der Waals surface area contributed by atoms with Crippen LogP contribution < -0.4 is 0 Å². The Morgan fingerprint density at radius 3 is 2.50 bits per heavy atom. The van der Waals surface area contributed by atoms with Crippen molar-refractivity contribution in [2.24, 2.45) is 0 Å². The fourth-order valence-electron chi connectivity index (χ4n) is 2.48. The van der Waals surface area contributed by atoms with Crippen molar-refractivity contribution < 1.29 is 0 Å². The highest BCUT2D eigenvalue weighted by molar-refractivity contribution is 7.13. The SMILES string of the molecule is Cc1ncc(CCc2ncc(C)c3snnc23)c2snnc12. The van der Waals surface area contributed by atoms with Crippen LogP contribution in [0.3, 0.4) is 0 Å². The van der Waals surface area contributed by atoms with Crippen LogP contribution in [0.1, 0.15) is 22.5 Å². The summed E-state index contributed by atoms with van der Waals surface area (Å²) in [7, 11) is 0. The second kappa shape index (κ2) is 5.29. The van der Waals surface area contributed by atoms with Crippen LogP contribution in [-0.4, -0.2) is 29.1 Å². The zero-order valence-electron chi connectivity index (χ0n) is 12.1. The molecule has 4 heterocycles. The highest BCUT2D eigenvalue weighted by Crippen LogP contribution is 2.25. The number of hydrogen-bond donors (Lipinski definition) is 0. The summed E-state index contributed by atoms with van der Waals surface area (Å²) in [6, 6.07) is 0. The van der Waals surface area contributed by atoms with Gasteiger partial charge in [-0.05, 0) is 60.9 Å². The molecule has 8 heteroatoms. The van der Waals surface area contributed by atoms with Crippen LogP contribution >= 0.6 is 23.1 Å². The van der Waals surface area contributed by atoms with Gasteiger partial charge in [-0.2, -0.15) is 0 Å². The molecule has 0 saturated heterocycles. The molecule has 110 valence electrons. The van der Waals surface area contributed by atoms with Gasteiger partial charge in [0.25, 0.3) is 0 Å². The van der Waals surface area contributed by atoms with Crippen LogP contribution in [0.15, 0.2) is 12.4 Å². The molecule has 6 nitrogen and oxygen atoms in total. The maximum atomic E-state index is 4.53. The van der Waals surface area contributed by atoms with Gasteiger partial charge in [0.2, 0.25) is 0 Å². The Bertz CT molecular complexity index is 894. The van der Waals surface area contributed by atoms with Gasteiger partial charge in [0.05, 0.1) is 20.8 Å². The minimum Gasteiger partial charge on any atom is -0.259 e. The highest BCUT2D eigenvalue weighted by Gasteiger charge is 2.12. The Morgan fingerprint density at radius 2 is 1.64 bits per heavy atom. The zero-order valence-corrected chi connectivity index (χ0v) is 13.7. The maximum absolute atomic E-state index is 4.53. The summed E-state index contributed by atoms with van der Waals surface area (Å²) in [5.74, 6) is 0. The Kier molecular flexibility index (Phi) is 3.27. The summed E-state index contributed by atoms with van der Waals surface area (Å²) >= 11 is 2.85. The van der Waals surface area contributed by atoms with Crippen LogP contribution in [0.25, 0.3) is 20.4 Å². The molecule has 0 N–H and O–H groups in total. The van der Waals surface area contributed by atoms with E-state index >= 15 is 0 Å². The number of hydrogen-bond acceptors (Lipinski definition) is 8. The van der Waals surface area contributed by atoms with E-state index in [1.807, 2.05) is 26.2 Å². The standard InChI is InChI=1S/C14H12N6S2/c1-7-5-16-10(12-13(7)21-20-18-12)4-3-9-6-15-8(2)11-14(9)22-19-17-11/h5-6H,3-4H2,1-2H3. The van der Waals surface area contributed by atoms with E-state index in [0.717, 1.165) is 55.8 Å². The normalized spacial score (nSPS) is 11.5. The van der Waals surface area contributed by atoms with Crippen molar-refractivity contribution in [3.05, 3.63) is 34.9 Å². The first-order valence-corrected chi connectivity index (χ1v) is 8.42. The van der Waals surface area contributed by atoms with E-state index in [1.54, 1.807) is 0 Å².